The molecule has 1 fully saturated rings. The van der Waals surface area contributed by atoms with Gasteiger partial charge in [0.25, 0.3) is 0 Å². The molecule has 27 heavy (non-hydrogen) atoms. The van der Waals surface area contributed by atoms with Crippen molar-refractivity contribution in [2.45, 2.75) is 58.9 Å². The highest BCUT2D eigenvalue weighted by atomic mass is 32.1. The molecule has 2 heterocycles. The van der Waals surface area contributed by atoms with Gasteiger partial charge in [0.2, 0.25) is 0 Å². The number of thiophene rings is 1. The molecule has 1 saturated carbocycles. The summed E-state index contributed by atoms with van der Waals surface area (Å²) >= 11 is 1.76. The fourth-order valence-corrected chi connectivity index (χ4v) is 5.09. The van der Waals surface area contributed by atoms with Gasteiger partial charge >= 0.3 is 0 Å². The Morgan fingerprint density at radius 2 is 1.81 bits per heavy atom. The minimum atomic E-state index is 0.518. The number of anilines is 1. The van der Waals surface area contributed by atoms with Gasteiger partial charge in [-0.2, -0.15) is 0 Å². The van der Waals surface area contributed by atoms with Crippen molar-refractivity contribution in [3.05, 3.63) is 35.0 Å². The zero-order chi connectivity index (χ0) is 18.8. The second-order valence-corrected chi connectivity index (χ2v) is 8.47. The Morgan fingerprint density at radius 3 is 2.52 bits per heavy atom. The minimum Gasteiger partial charge on any atom is -0.494 e. The molecule has 1 aliphatic rings. The summed E-state index contributed by atoms with van der Waals surface area (Å²) in [7, 11) is 0. The highest BCUT2D eigenvalue weighted by Crippen LogP contribution is 2.41. The Balaban J connectivity index is 1.78. The molecule has 0 atom stereocenters. The first-order chi connectivity index (χ1) is 13.2. The van der Waals surface area contributed by atoms with Crippen LogP contribution in [0.1, 0.15) is 49.7 Å². The molecule has 2 aromatic heterocycles. The summed E-state index contributed by atoms with van der Waals surface area (Å²) < 4.78 is 5.60. The average molecular weight is 382 g/mol. The van der Waals surface area contributed by atoms with E-state index in [0.717, 1.165) is 27.6 Å². The van der Waals surface area contributed by atoms with Gasteiger partial charge in [0, 0.05) is 16.5 Å². The van der Waals surface area contributed by atoms with Crippen LogP contribution in [-0.2, 0) is 0 Å². The van der Waals surface area contributed by atoms with E-state index in [2.05, 4.69) is 24.4 Å². The van der Waals surface area contributed by atoms with Gasteiger partial charge in [-0.05, 0) is 51.3 Å². The van der Waals surface area contributed by atoms with Crippen LogP contribution in [0.2, 0.25) is 0 Å². The Labute approximate surface area is 165 Å². The molecule has 1 N–H and O–H groups in total. The summed E-state index contributed by atoms with van der Waals surface area (Å²) in [5, 5.41) is 4.92. The van der Waals surface area contributed by atoms with E-state index in [-0.39, 0.29) is 0 Å². The van der Waals surface area contributed by atoms with Gasteiger partial charge in [-0.3, -0.25) is 0 Å². The largest absolute Gasteiger partial charge is 0.494 e. The molecular weight excluding hydrogens is 354 g/mol. The quantitative estimate of drug-likeness (QED) is 0.578. The summed E-state index contributed by atoms with van der Waals surface area (Å²) in [6.45, 7) is 6.85. The van der Waals surface area contributed by atoms with Gasteiger partial charge < -0.3 is 10.1 Å². The van der Waals surface area contributed by atoms with Gasteiger partial charge in [-0.1, -0.05) is 31.4 Å². The molecule has 0 unspecified atom stereocenters. The van der Waals surface area contributed by atoms with Crippen LogP contribution in [0.3, 0.4) is 0 Å². The van der Waals surface area contributed by atoms with Crippen LogP contribution in [0, 0.1) is 13.8 Å². The van der Waals surface area contributed by atoms with Gasteiger partial charge in [0.05, 0.1) is 12.0 Å². The predicted octanol–water partition coefficient (Wildman–Crippen LogP) is 6.12. The molecule has 0 radical (unpaired) electrons. The number of aryl methyl sites for hydroxylation is 2. The van der Waals surface area contributed by atoms with Crippen LogP contribution in [0.15, 0.2) is 24.3 Å². The van der Waals surface area contributed by atoms with E-state index in [1.807, 2.05) is 26.0 Å². The number of fused-ring (bicyclic) bond motifs is 1. The summed E-state index contributed by atoms with van der Waals surface area (Å²) in [5.41, 5.74) is 2.44. The monoisotopic (exact) mass is 381 g/mol. The van der Waals surface area contributed by atoms with Crippen LogP contribution in [0.5, 0.6) is 5.75 Å². The number of aromatic nitrogens is 2. The van der Waals surface area contributed by atoms with Crippen molar-refractivity contribution < 1.29 is 4.74 Å². The first-order valence-electron chi connectivity index (χ1n) is 9.93. The molecule has 3 aromatic rings. The molecular formula is C22H27N3OS. The zero-order valence-corrected chi connectivity index (χ0v) is 17.2. The number of hydrogen-bond acceptors (Lipinski definition) is 5. The molecule has 142 valence electrons. The third-order valence-electron chi connectivity index (χ3n) is 5.24. The molecule has 5 heteroatoms. The van der Waals surface area contributed by atoms with Crippen molar-refractivity contribution in [2.24, 2.45) is 0 Å². The molecule has 0 saturated heterocycles. The lowest BCUT2D eigenvalue weighted by Crippen LogP contribution is -2.23. The average Bonchev–Trinajstić information content (AvgIpc) is 2.99. The lowest BCUT2D eigenvalue weighted by atomic mass is 9.95. The lowest BCUT2D eigenvalue weighted by Gasteiger charge is -2.24. The fourth-order valence-electron chi connectivity index (χ4n) is 3.99. The molecule has 0 bridgehead atoms. The predicted molar refractivity (Wildman–Crippen MR) is 114 cm³/mol. The molecule has 4 rings (SSSR count). The van der Waals surface area contributed by atoms with E-state index >= 15 is 0 Å². The fraction of sp³-hybridized carbons (Fsp3) is 0.455. The number of benzene rings is 1. The maximum absolute atomic E-state index is 5.60. The van der Waals surface area contributed by atoms with E-state index in [1.165, 1.54) is 48.1 Å². The normalized spacial score (nSPS) is 15.2. The van der Waals surface area contributed by atoms with Crippen LogP contribution >= 0.6 is 11.3 Å². The van der Waals surface area contributed by atoms with Crippen molar-refractivity contribution in [3.63, 3.8) is 0 Å². The smallest absolute Gasteiger partial charge is 0.139 e. The Hall–Kier alpha value is -2.14. The van der Waals surface area contributed by atoms with E-state index in [9.17, 15) is 0 Å². The maximum Gasteiger partial charge on any atom is 0.139 e. The topological polar surface area (TPSA) is 47.0 Å². The number of ether oxygens (including phenoxy) is 1. The Kier molecular flexibility index (Phi) is 5.30. The molecule has 0 amide bonds. The van der Waals surface area contributed by atoms with E-state index in [1.54, 1.807) is 11.3 Å². The number of rotatable bonds is 5. The number of hydrogen-bond donors (Lipinski definition) is 1. The molecule has 4 nitrogen and oxygen atoms in total. The highest BCUT2D eigenvalue weighted by Gasteiger charge is 2.21. The molecule has 0 spiro atoms. The highest BCUT2D eigenvalue weighted by molar-refractivity contribution is 7.19. The van der Waals surface area contributed by atoms with E-state index in [4.69, 9.17) is 14.7 Å². The summed E-state index contributed by atoms with van der Waals surface area (Å²) in [6.07, 6.45) is 6.42. The van der Waals surface area contributed by atoms with Crippen molar-refractivity contribution >= 4 is 27.4 Å². The maximum atomic E-state index is 5.60. The minimum absolute atomic E-state index is 0.518. The number of nitrogens with zero attached hydrogens (tertiary/aromatic N) is 2. The Morgan fingerprint density at radius 1 is 1.07 bits per heavy atom. The summed E-state index contributed by atoms with van der Waals surface area (Å²) in [4.78, 5) is 11.9. The molecule has 1 aromatic carbocycles. The van der Waals surface area contributed by atoms with Gasteiger partial charge in [0.1, 0.15) is 22.2 Å². The zero-order valence-electron chi connectivity index (χ0n) is 16.3. The van der Waals surface area contributed by atoms with Gasteiger partial charge in [-0.15, -0.1) is 11.3 Å². The molecule has 0 aliphatic heterocycles. The van der Waals surface area contributed by atoms with Crippen LogP contribution < -0.4 is 10.1 Å². The SMILES string of the molecule is CCOc1ccc(-c2c(C)sc3nc(C)nc(NC4CCCCC4)c23)cc1. The van der Waals surface area contributed by atoms with Crippen molar-refractivity contribution in [1.29, 1.82) is 0 Å². The molecule has 1 aliphatic carbocycles. The van der Waals surface area contributed by atoms with Gasteiger partial charge in [-0.25, -0.2) is 9.97 Å². The van der Waals surface area contributed by atoms with Crippen molar-refractivity contribution in [2.75, 3.05) is 11.9 Å². The third-order valence-corrected chi connectivity index (χ3v) is 6.24. The number of nitrogens with one attached hydrogen (secondary N) is 1. The first kappa shape index (κ1) is 18.2. The van der Waals surface area contributed by atoms with Crippen LogP contribution in [-0.4, -0.2) is 22.6 Å². The summed E-state index contributed by atoms with van der Waals surface area (Å²) in [6, 6.07) is 8.90. The van der Waals surface area contributed by atoms with E-state index < -0.39 is 0 Å². The first-order valence-corrected chi connectivity index (χ1v) is 10.7. The van der Waals surface area contributed by atoms with Gasteiger partial charge in [0.15, 0.2) is 0 Å². The van der Waals surface area contributed by atoms with Crippen molar-refractivity contribution in [3.8, 4) is 16.9 Å². The standard InChI is InChI=1S/C22H27N3OS/c1-4-26-18-12-10-16(11-13-18)19-14(2)27-22-20(19)21(23-15(3)24-22)25-17-8-6-5-7-9-17/h10-13,17H,4-9H2,1-3H3,(H,23,24,25). The Bertz CT molecular complexity index is 927. The van der Waals surface area contributed by atoms with Crippen LogP contribution in [0.4, 0.5) is 5.82 Å². The van der Waals surface area contributed by atoms with Crippen LogP contribution in [0.25, 0.3) is 21.3 Å². The van der Waals surface area contributed by atoms with E-state index in [0.29, 0.717) is 12.6 Å². The third kappa shape index (κ3) is 3.79. The summed E-state index contributed by atoms with van der Waals surface area (Å²) in [5.74, 6) is 2.74. The second kappa shape index (κ2) is 7.85. The lowest BCUT2D eigenvalue weighted by molar-refractivity contribution is 0.340. The second-order valence-electron chi connectivity index (χ2n) is 7.27. The van der Waals surface area contributed by atoms with Crippen molar-refractivity contribution in [1.82, 2.24) is 9.97 Å².